The first-order valence-electron chi connectivity index (χ1n) is 6.42. The minimum atomic E-state index is 0.00922. The third-order valence-electron chi connectivity index (χ3n) is 3.11. The van der Waals surface area contributed by atoms with Crippen LogP contribution in [0.1, 0.15) is 30.5 Å². The number of aryl methyl sites for hydroxylation is 2. The molecule has 1 atom stereocenters. The van der Waals surface area contributed by atoms with Crippen LogP contribution in [0.25, 0.3) is 0 Å². The van der Waals surface area contributed by atoms with Crippen LogP contribution in [0.15, 0.2) is 36.7 Å². The quantitative estimate of drug-likeness (QED) is 0.915. The van der Waals surface area contributed by atoms with Gasteiger partial charge in [0.1, 0.15) is 0 Å². The highest BCUT2D eigenvalue weighted by molar-refractivity contribution is 5.91. The molecule has 4 heteroatoms. The summed E-state index contributed by atoms with van der Waals surface area (Å²) in [6, 6.07) is 7.92. The number of hydrogen-bond donors (Lipinski definition) is 1. The zero-order valence-electron chi connectivity index (χ0n) is 11.6. The Kier molecular flexibility index (Phi) is 4.00. The molecule has 19 heavy (non-hydrogen) atoms. The molecule has 0 aliphatic carbocycles. The molecule has 1 aromatic carbocycles. The van der Waals surface area contributed by atoms with E-state index >= 15 is 0 Å². The van der Waals surface area contributed by atoms with Crippen LogP contribution in [-0.2, 0) is 4.79 Å². The first-order chi connectivity index (χ1) is 9.06. The molecule has 2 aromatic rings. The predicted octanol–water partition coefficient (Wildman–Crippen LogP) is 3.09. The first-order valence-corrected chi connectivity index (χ1v) is 6.42. The molecule has 0 radical (unpaired) electrons. The smallest absolute Gasteiger partial charge is 0.226 e. The van der Waals surface area contributed by atoms with Crippen LogP contribution >= 0.6 is 0 Å². The van der Waals surface area contributed by atoms with Gasteiger partial charge in [-0.05, 0) is 38.5 Å². The molecule has 1 amide bonds. The summed E-state index contributed by atoms with van der Waals surface area (Å²) in [4.78, 5) is 12.0. The van der Waals surface area contributed by atoms with Gasteiger partial charge >= 0.3 is 0 Å². The van der Waals surface area contributed by atoms with Gasteiger partial charge in [-0.2, -0.15) is 5.10 Å². The highest BCUT2D eigenvalue weighted by Gasteiger charge is 2.11. The van der Waals surface area contributed by atoms with E-state index < -0.39 is 0 Å². The average molecular weight is 257 g/mol. The number of rotatable bonds is 4. The fourth-order valence-corrected chi connectivity index (χ4v) is 2.06. The lowest BCUT2D eigenvalue weighted by Crippen LogP contribution is -2.18. The lowest BCUT2D eigenvalue weighted by atomic mass is 10.1. The number of carbonyl (C=O) groups is 1. The van der Waals surface area contributed by atoms with E-state index in [0.717, 1.165) is 11.3 Å². The van der Waals surface area contributed by atoms with Crippen LogP contribution in [0, 0.1) is 13.8 Å². The summed E-state index contributed by atoms with van der Waals surface area (Å²) < 4.78 is 1.79. The van der Waals surface area contributed by atoms with Crippen molar-refractivity contribution in [2.45, 2.75) is 33.2 Å². The second-order valence-corrected chi connectivity index (χ2v) is 4.91. The standard InChI is InChI=1S/C15H19N3O/c1-11-5-6-14(12(2)9-11)17-15(19)10-13(3)18-8-4-7-16-18/h4-9,13H,10H2,1-3H3,(H,17,19). The van der Waals surface area contributed by atoms with Crippen molar-refractivity contribution in [1.29, 1.82) is 0 Å². The Bertz CT molecular complexity index is 561. The maximum atomic E-state index is 12.0. The van der Waals surface area contributed by atoms with Gasteiger partial charge in [0.2, 0.25) is 5.91 Å². The van der Waals surface area contributed by atoms with Crippen LogP contribution in [-0.4, -0.2) is 15.7 Å². The number of amides is 1. The van der Waals surface area contributed by atoms with E-state index in [1.807, 2.05) is 45.2 Å². The van der Waals surface area contributed by atoms with Crippen molar-refractivity contribution in [2.75, 3.05) is 5.32 Å². The lowest BCUT2D eigenvalue weighted by Gasteiger charge is -2.13. The average Bonchev–Trinajstić information content (AvgIpc) is 2.86. The van der Waals surface area contributed by atoms with E-state index in [1.54, 1.807) is 10.9 Å². The van der Waals surface area contributed by atoms with E-state index in [-0.39, 0.29) is 11.9 Å². The molecular weight excluding hydrogens is 238 g/mol. The summed E-state index contributed by atoms with van der Waals surface area (Å²) >= 11 is 0. The highest BCUT2D eigenvalue weighted by Crippen LogP contribution is 2.17. The van der Waals surface area contributed by atoms with Crippen LogP contribution in [0.3, 0.4) is 0 Å². The molecule has 1 unspecified atom stereocenters. The summed E-state index contributed by atoms with van der Waals surface area (Å²) in [7, 11) is 0. The van der Waals surface area contributed by atoms with E-state index in [1.165, 1.54) is 5.56 Å². The molecule has 0 saturated carbocycles. The SMILES string of the molecule is Cc1ccc(NC(=O)CC(C)n2cccn2)c(C)c1. The molecule has 0 aliphatic heterocycles. The van der Waals surface area contributed by atoms with E-state index in [2.05, 4.69) is 16.5 Å². The summed E-state index contributed by atoms with van der Waals surface area (Å²) in [6.45, 7) is 6.02. The minimum Gasteiger partial charge on any atom is -0.326 e. The van der Waals surface area contributed by atoms with Gasteiger partial charge in [0.15, 0.2) is 0 Å². The summed E-state index contributed by atoms with van der Waals surface area (Å²) in [5.74, 6) is 0.00922. The van der Waals surface area contributed by atoms with Crippen molar-refractivity contribution >= 4 is 11.6 Å². The van der Waals surface area contributed by atoms with Crippen molar-refractivity contribution in [3.8, 4) is 0 Å². The van der Waals surface area contributed by atoms with Crippen molar-refractivity contribution < 1.29 is 4.79 Å². The number of nitrogens with one attached hydrogen (secondary N) is 1. The van der Waals surface area contributed by atoms with Gasteiger partial charge in [0, 0.05) is 24.5 Å². The molecule has 0 bridgehead atoms. The van der Waals surface area contributed by atoms with Gasteiger partial charge in [-0.3, -0.25) is 9.48 Å². The molecule has 0 fully saturated rings. The Labute approximate surface area is 113 Å². The minimum absolute atomic E-state index is 0.00922. The monoisotopic (exact) mass is 257 g/mol. The van der Waals surface area contributed by atoms with E-state index in [9.17, 15) is 4.79 Å². The number of carbonyl (C=O) groups excluding carboxylic acids is 1. The molecule has 0 spiro atoms. The van der Waals surface area contributed by atoms with Crippen LogP contribution < -0.4 is 5.32 Å². The van der Waals surface area contributed by atoms with Gasteiger partial charge in [0.25, 0.3) is 0 Å². The molecule has 1 N–H and O–H groups in total. The van der Waals surface area contributed by atoms with E-state index in [0.29, 0.717) is 6.42 Å². The summed E-state index contributed by atoms with van der Waals surface area (Å²) in [6.07, 6.45) is 4.00. The molecule has 2 rings (SSSR count). The highest BCUT2D eigenvalue weighted by atomic mass is 16.1. The second-order valence-electron chi connectivity index (χ2n) is 4.91. The fraction of sp³-hybridized carbons (Fsp3) is 0.333. The number of aromatic nitrogens is 2. The molecular formula is C15H19N3O. The zero-order chi connectivity index (χ0) is 13.8. The fourth-order valence-electron chi connectivity index (χ4n) is 2.06. The summed E-state index contributed by atoms with van der Waals surface area (Å²) in [5, 5.41) is 7.09. The molecule has 1 heterocycles. The first kappa shape index (κ1) is 13.3. The molecule has 100 valence electrons. The Hall–Kier alpha value is -2.10. The van der Waals surface area contributed by atoms with Crippen molar-refractivity contribution in [3.63, 3.8) is 0 Å². The van der Waals surface area contributed by atoms with E-state index in [4.69, 9.17) is 0 Å². The van der Waals surface area contributed by atoms with Gasteiger partial charge < -0.3 is 5.32 Å². The Balaban J connectivity index is 1.98. The molecule has 1 aromatic heterocycles. The topological polar surface area (TPSA) is 46.9 Å². The second kappa shape index (κ2) is 5.69. The van der Waals surface area contributed by atoms with Gasteiger partial charge in [-0.25, -0.2) is 0 Å². The molecule has 0 aliphatic rings. The van der Waals surface area contributed by atoms with Crippen LogP contribution in [0.5, 0.6) is 0 Å². The predicted molar refractivity (Wildman–Crippen MR) is 76.1 cm³/mol. The van der Waals surface area contributed by atoms with Gasteiger partial charge in [0.05, 0.1) is 6.04 Å². The number of nitrogens with zero attached hydrogens (tertiary/aromatic N) is 2. The molecule has 0 saturated heterocycles. The number of anilines is 1. The summed E-state index contributed by atoms with van der Waals surface area (Å²) in [5.41, 5.74) is 3.16. The Morgan fingerprint density at radius 2 is 2.21 bits per heavy atom. The van der Waals surface area contributed by atoms with Gasteiger partial charge in [-0.15, -0.1) is 0 Å². The van der Waals surface area contributed by atoms with Crippen LogP contribution in [0.2, 0.25) is 0 Å². The third-order valence-corrected chi connectivity index (χ3v) is 3.11. The Morgan fingerprint density at radius 3 is 2.84 bits per heavy atom. The zero-order valence-corrected chi connectivity index (χ0v) is 11.6. The largest absolute Gasteiger partial charge is 0.326 e. The molecule has 4 nitrogen and oxygen atoms in total. The van der Waals surface area contributed by atoms with Gasteiger partial charge in [-0.1, -0.05) is 17.7 Å². The van der Waals surface area contributed by atoms with Crippen molar-refractivity contribution in [1.82, 2.24) is 9.78 Å². The number of hydrogen-bond acceptors (Lipinski definition) is 2. The maximum absolute atomic E-state index is 12.0. The van der Waals surface area contributed by atoms with Crippen molar-refractivity contribution in [3.05, 3.63) is 47.8 Å². The normalized spacial score (nSPS) is 12.2. The van der Waals surface area contributed by atoms with Crippen LogP contribution in [0.4, 0.5) is 5.69 Å². The maximum Gasteiger partial charge on any atom is 0.226 e. The Morgan fingerprint density at radius 1 is 1.42 bits per heavy atom. The third kappa shape index (κ3) is 3.44. The van der Waals surface area contributed by atoms with Crippen molar-refractivity contribution in [2.24, 2.45) is 0 Å². The lowest BCUT2D eigenvalue weighted by molar-refractivity contribution is -0.116. The number of benzene rings is 1.